The molecule has 0 unspecified atom stereocenters. The minimum atomic E-state index is 0.119. The van der Waals surface area contributed by atoms with E-state index in [9.17, 15) is 0 Å². The first kappa shape index (κ1) is 5.78. The van der Waals surface area contributed by atoms with E-state index < -0.39 is 0 Å². The Balaban J connectivity index is 2.83. The molecule has 8 heavy (non-hydrogen) atoms. The van der Waals surface area contributed by atoms with Crippen molar-refractivity contribution in [3.63, 3.8) is 0 Å². The quantitative estimate of drug-likeness (QED) is 0.437. The van der Waals surface area contributed by atoms with E-state index in [4.69, 9.17) is 0 Å². The number of rotatable bonds is 1. The third-order valence-corrected chi connectivity index (χ3v) is 3.91. The SMILES string of the molecule is [SiH2][SiH2]c1ccccc1. The summed E-state index contributed by atoms with van der Waals surface area (Å²) in [5, 5.41) is 1.56. The maximum absolute atomic E-state index is 2.21. The topological polar surface area (TPSA) is 0 Å². The van der Waals surface area contributed by atoms with Gasteiger partial charge in [0.05, 0.1) is 0 Å². The normalized spacial score (nSPS) is 10.6. The maximum Gasteiger partial charge on any atom is 0.0390 e. The molecule has 0 amide bonds. The van der Waals surface area contributed by atoms with Crippen LogP contribution in [0.4, 0.5) is 0 Å². The molecule has 0 aliphatic rings. The van der Waals surface area contributed by atoms with Crippen LogP contribution in [0.1, 0.15) is 0 Å². The van der Waals surface area contributed by atoms with E-state index in [-0.39, 0.29) is 9.04 Å². The van der Waals surface area contributed by atoms with Gasteiger partial charge in [0.25, 0.3) is 0 Å². The molecule has 0 saturated carbocycles. The van der Waals surface area contributed by atoms with Crippen molar-refractivity contribution < 1.29 is 0 Å². The van der Waals surface area contributed by atoms with Gasteiger partial charge >= 0.3 is 0 Å². The van der Waals surface area contributed by atoms with Crippen molar-refractivity contribution in [1.82, 2.24) is 0 Å². The Morgan fingerprint density at radius 1 is 1.12 bits per heavy atom. The number of hydrogen-bond donors (Lipinski definition) is 0. The maximum atomic E-state index is 2.21. The highest BCUT2D eigenvalue weighted by molar-refractivity contribution is 6.97. The molecule has 0 aliphatic carbocycles. The first-order chi connectivity index (χ1) is 3.93. The Hall–Kier alpha value is -0.346. The van der Waals surface area contributed by atoms with Gasteiger partial charge in [0.1, 0.15) is 0 Å². The molecule has 0 aromatic heterocycles. The van der Waals surface area contributed by atoms with Crippen LogP contribution in [-0.4, -0.2) is 18.8 Å². The van der Waals surface area contributed by atoms with Gasteiger partial charge in [0, 0.05) is 18.8 Å². The van der Waals surface area contributed by atoms with E-state index in [2.05, 4.69) is 40.1 Å². The van der Waals surface area contributed by atoms with Gasteiger partial charge in [-0.25, -0.2) is 0 Å². The lowest BCUT2D eigenvalue weighted by Crippen LogP contribution is -2.12. The van der Waals surface area contributed by atoms with Crippen LogP contribution in [0, 0.1) is 0 Å². The van der Waals surface area contributed by atoms with Crippen LogP contribution >= 0.6 is 0 Å². The molecule has 2 heteroatoms. The molecular weight excluding hydrogens is 128 g/mol. The zero-order valence-corrected chi connectivity index (χ0v) is 7.63. The molecule has 0 heterocycles. The summed E-state index contributed by atoms with van der Waals surface area (Å²) >= 11 is 0. The van der Waals surface area contributed by atoms with Gasteiger partial charge in [-0.05, 0) is 0 Å². The Bertz CT molecular complexity index is 148. The molecule has 0 atom stereocenters. The van der Waals surface area contributed by atoms with Crippen molar-refractivity contribution in [1.29, 1.82) is 0 Å². The summed E-state index contributed by atoms with van der Waals surface area (Å²) < 4.78 is 0. The third kappa shape index (κ3) is 1.31. The molecule has 0 saturated heterocycles. The summed E-state index contributed by atoms with van der Waals surface area (Å²) in [6.07, 6.45) is 0. The Labute approximate surface area is 55.0 Å². The van der Waals surface area contributed by atoms with Gasteiger partial charge in [-0.3, -0.25) is 0 Å². The fourth-order valence-corrected chi connectivity index (χ4v) is 2.25. The minimum Gasteiger partial charge on any atom is -0.0704 e. The van der Waals surface area contributed by atoms with Crippen LogP contribution in [0.15, 0.2) is 30.3 Å². The minimum absolute atomic E-state index is 0.119. The monoisotopic (exact) mass is 137 g/mol. The lowest BCUT2D eigenvalue weighted by atomic mass is 10.4. The van der Waals surface area contributed by atoms with Crippen molar-refractivity contribution in [2.75, 3.05) is 0 Å². The van der Waals surface area contributed by atoms with Crippen molar-refractivity contribution >= 4 is 24.0 Å². The van der Waals surface area contributed by atoms with Crippen LogP contribution in [0.2, 0.25) is 0 Å². The average molecular weight is 137 g/mol. The van der Waals surface area contributed by atoms with Crippen LogP contribution in [-0.2, 0) is 0 Å². The molecule has 0 fully saturated rings. The molecule has 0 N–H and O–H groups in total. The molecule has 1 radical (unpaired) electrons. The lowest BCUT2D eigenvalue weighted by molar-refractivity contribution is 1.77. The van der Waals surface area contributed by atoms with Gasteiger partial charge in [0.2, 0.25) is 0 Å². The molecule has 41 valence electrons. The summed E-state index contributed by atoms with van der Waals surface area (Å²) in [4.78, 5) is 0. The Morgan fingerprint density at radius 3 is 2.12 bits per heavy atom. The summed E-state index contributed by atoms with van der Waals surface area (Å²) in [6, 6.07) is 10.7. The molecule has 1 aromatic rings. The van der Waals surface area contributed by atoms with E-state index >= 15 is 0 Å². The summed E-state index contributed by atoms with van der Waals surface area (Å²) in [6.45, 7) is 0. The standard InChI is InChI=1S/C6H9Si2/c7-8-6-4-2-1-3-5-6/h1-5H,7-8H2. The molecule has 0 spiro atoms. The summed E-state index contributed by atoms with van der Waals surface area (Å²) in [7, 11) is 2.24. The predicted octanol–water partition coefficient (Wildman–Crippen LogP) is -0.971. The van der Waals surface area contributed by atoms with E-state index in [1.165, 1.54) is 0 Å². The number of hydrogen-bond acceptors (Lipinski definition) is 0. The largest absolute Gasteiger partial charge is 0.0704 e. The van der Waals surface area contributed by atoms with Crippen molar-refractivity contribution in [2.24, 2.45) is 0 Å². The summed E-state index contributed by atoms with van der Waals surface area (Å²) in [5.41, 5.74) is 0. The second-order valence-electron chi connectivity index (χ2n) is 1.74. The van der Waals surface area contributed by atoms with Crippen LogP contribution < -0.4 is 5.19 Å². The van der Waals surface area contributed by atoms with Gasteiger partial charge in [0.15, 0.2) is 0 Å². The number of benzene rings is 1. The zero-order valence-electron chi connectivity index (χ0n) is 4.80. The van der Waals surface area contributed by atoms with Gasteiger partial charge in [-0.15, -0.1) is 0 Å². The second kappa shape index (κ2) is 2.84. The molecule has 1 aromatic carbocycles. The average Bonchev–Trinajstić information content (AvgIpc) is 1.90. The first-order valence-corrected chi connectivity index (χ1v) is 7.47. The smallest absolute Gasteiger partial charge is 0.0390 e. The highest BCUT2D eigenvalue weighted by Gasteiger charge is 1.80. The first-order valence-electron chi connectivity index (χ1n) is 2.76. The highest BCUT2D eigenvalue weighted by atomic mass is 29.1. The predicted molar refractivity (Wildman–Crippen MR) is 43.2 cm³/mol. The van der Waals surface area contributed by atoms with Gasteiger partial charge in [-0.1, -0.05) is 35.5 Å². The van der Waals surface area contributed by atoms with Crippen molar-refractivity contribution in [2.45, 2.75) is 0 Å². The van der Waals surface area contributed by atoms with Crippen molar-refractivity contribution in [3.8, 4) is 0 Å². The highest BCUT2D eigenvalue weighted by Crippen LogP contribution is 1.78. The third-order valence-electron chi connectivity index (χ3n) is 1.13. The van der Waals surface area contributed by atoms with E-state index in [0.29, 0.717) is 0 Å². The van der Waals surface area contributed by atoms with Gasteiger partial charge < -0.3 is 0 Å². The summed E-state index contributed by atoms with van der Waals surface area (Å²) in [5.74, 6) is 0. The van der Waals surface area contributed by atoms with Crippen LogP contribution in [0.5, 0.6) is 0 Å². The van der Waals surface area contributed by atoms with Crippen molar-refractivity contribution in [3.05, 3.63) is 30.3 Å². The molecule has 1 rings (SSSR count). The zero-order chi connectivity index (χ0) is 5.82. The Morgan fingerprint density at radius 2 is 1.75 bits per heavy atom. The second-order valence-corrected chi connectivity index (χ2v) is 4.55. The van der Waals surface area contributed by atoms with E-state index in [1.54, 1.807) is 5.19 Å². The molecule has 0 nitrogen and oxygen atoms in total. The van der Waals surface area contributed by atoms with E-state index in [1.807, 2.05) is 0 Å². The fourth-order valence-electron chi connectivity index (χ4n) is 0.645. The molecule has 0 bridgehead atoms. The van der Waals surface area contributed by atoms with Crippen LogP contribution in [0.3, 0.4) is 0 Å². The van der Waals surface area contributed by atoms with Crippen LogP contribution in [0.25, 0.3) is 0 Å². The molecule has 0 aliphatic heterocycles. The fraction of sp³-hybridized carbons (Fsp3) is 0. The lowest BCUT2D eigenvalue weighted by Gasteiger charge is -1.89. The van der Waals surface area contributed by atoms with E-state index in [0.717, 1.165) is 0 Å². The molecular formula is C6H9Si2. The Kier molecular flexibility index (Phi) is 2.05. The van der Waals surface area contributed by atoms with Gasteiger partial charge in [-0.2, -0.15) is 0 Å².